The average Bonchev–Trinajstić information content (AvgIpc) is 3.00. The van der Waals surface area contributed by atoms with Crippen LogP contribution in [0.4, 0.5) is 22.7 Å². The fourth-order valence-corrected chi connectivity index (χ4v) is 4.62. The quantitative estimate of drug-likeness (QED) is 0.0760. The maximum Gasteiger partial charge on any atom is 0.279 e. The monoisotopic (exact) mass is 656 g/mol. The van der Waals surface area contributed by atoms with E-state index < -0.39 is 23.4 Å². The molecule has 0 radical (unpaired) electrons. The van der Waals surface area contributed by atoms with Crippen molar-refractivity contribution in [2.75, 3.05) is 21.5 Å². The van der Waals surface area contributed by atoms with Gasteiger partial charge in [-0.1, -0.05) is 71.7 Å². The number of ketones is 2. The summed E-state index contributed by atoms with van der Waals surface area (Å²) in [4.78, 5) is 49.9. The highest BCUT2D eigenvalue weighted by atomic mass is 35.5. The fourth-order valence-electron chi connectivity index (χ4n) is 4.17. The second kappa shape index (κ2) is 15.1. The van der Waals surface area contributed by atoms with Gasteiger partial charge in [0.15, 0.2) is 23.0 Å². The standard InChI is InChI=1S/C34H30Cl2N6O4/c1-19-9-5-7-11-27(19)37-33(45)31(21(3)43)41-39-29-15-13-23(17-25(29)35)24-14-16-30(26(36)18-24)40-42-32(22(4)44)34(46)38-28-12-8-6-10-20(28)2/h5-18,39-40H,1-4H3,(H,37,45)(H,38,46)/b41-31-,42-32+. The van der Waals surface area contributed by atoms with Crippen LogP contribution in [0.5, 0.6) is 0 Å². The first-order chi connectivity index (χ1) is 21.9. The molecule has 0 saturated carbocycles. The number of carbonyl (C=O) groups excluding carboxylic acids is 4. The number of carbonyl (C=O) groups is 4. The predicted molar refractivity (Wildman–Crippen MR) is 185 cm³/mol. The van der Waals surface area contributed by atoms with Crippen molar-refractivity contribution >= 4 is 80.8 Å². The zero-order valence-electron chi connectivity index (χ0n) is 25.4. The van der Waals surface area contributed by atoms with Gasteiger partial charge in [0, 0.05) is 25.2 Å². The molecular weight excluding hydrogens is 627 g/mol. The van der Waals surface area contributed by atoms with Gasteiger partial charge in [-0.15, -0.1) is 0 Å². The summed E-state index contributed by atoms with van der Waals surface area (Å²) in [5, 5.41) is 14.0. The Balaban J connectivity index is 1.47. The van der Waals surface area contributed by atoms with Crippen LogP contribution < -0.4 is 21.5 Å². The molecule has 0 unspecified atom stereocenters. The van der Waals surface area contributed by atoms with Gasteiger partial charge in [0.2, 0.25) is 0 Å². The third-order valence-electron chi connectivity index (χ3n) is 6.73. The summed E-state index contributed by atoms with van der Waals surface area (Å²) in [7, 11) is 0. The van der Waals surface area contributed by atoms with Crippen LogP contribution in [0.3, 0.4) is 0 Å². The number of benzene rings is 4. The van der Waals surface area contributed by atoms with Crippen LogP contribution in [0, 0.1) is 13.8 Å². The van der Waals surface area contributed by atoms with Crippen molar-refractivity contribution in [3.05, 3.63) is 106 Å². The number of rotatable bonds is 11. The summed E-state index contributed by atoms with van der Waals surface area (Å²) in [5.41, 5.74) is 9.74. The van der Waals surface area contributed by atoms with Gasteiger partial charge < -0.3 is 10.6 Å². The normalized spacial score (nSPS) is 11.4. The molecule has 0 heterocycles. The van der Waals surface area contributed by atoms with Crippen LogP contribution in [-0.4, -0.2) is 34.8 Å². The summed E-state index contributed by atoms with van der Waals surface area (Å²) < 4.78 is 0. The fraction of sp³-hybridized carbons (Fsp3) is 0.118. The number of Topliss-reactive ketones (excluding diaryl/α,β-unsaturated/α-hetero) is 2. The number of nitrogens with zero attached hydrogens (tertiary/aromatic N) is 2. The maximum absolute atomic E-state index is 12.8. The van der Waals surface area contributed by atoms with E-state index in [0.29, 0.717) is 33.9 Å². The van der Waals surface area contributed by atoms with E-state index in [0.717, 1.165) is 11.1 Å². The molecule has 0 fully saturated rings. The largest absolute Gasteiger partial charge is 0.320 e. The van der Waals surface area contributed by atoms with Crippen molar-refractivity contribution < 1.29 is 19.2 Å². The lowest BCUT2D eigenvalue weighted by atomic mass is 10.0. The topological polar surface area (TPSA) is 141 Å². The van der Waals surface area contributed by atoms with Crippen LogP contribution in [0.25, 0.3) is 11.1 Å². The van der Waals surface area contributed by atoms with Crippen LogP contribution in [0.15, 0.2) is 95.1 Å². The average molecular weight is 658 g/mol. The zero-order chi connectivity index (χ0) is 33.4. The minimum absolute atomic E-state index is 0.275. The highest BCUT2D eigenvalue weighted by Crippen LogP contribution is 2.33. The van der Waals surface area contributed by atoms with E-state index in [-0.39, 0.29) is 21.5 Å². The summed E-state index contributed by atoms with van der Waals surface area (Å²) in [6, 6.07) is 24.5. The van der Waals surface area contributed by atoms with Crippen LogP contribution in [-0.2, 0) is 19.2 Å². The van der Waals surface area contributed by atoms with E-state index in [2.05, 4.69) is 31.7 Å². The third-order valence-corrected chi connectivity index (χ3v) is 7.36. The molecule has 234 valence electrons. The van der Waals surface area contributed by atoms with E-state index in [1.807, 2.05) is 38.1 Å². The van der Waals surface area contributed by atoms with E-state index >= 15 is 0 Å². The van der Waals surface area contributed by atoms with Gasteiger partial charge >= 0.3 is 0 Å². The number of para-hydroxylation sites is 2. The molecule has 4 aromatic carbocycles. The zero-order valence-corrected chi connectivity index (χ0v) is 26.9. The van der Waals surface area contributed by atoms with Crippen LogP contribution >= 0.6 is 23.2 Å². The Kier molecular flexibility index (Phi) is 11.0. The molecule has 0 atom stereocenters. The maximum atomic E-state index is 12.8. The summed E-state index contributed by atoms with van der Waals surface area (Å²) in [5.74, 6) is -2.36. The SMILES string of the molecule is CC(=O)/C(=N/Nc1ccc(-c2ccc(N/N=C(\C(C)=O)C(=O)Nc3ccccc3C)c(Cl)c2)cc1Cl)C(=O)Nc1ccccc1C. The molecule has 0 bridgehead atoms. The Hall–Kier alpha value is -5.32. The Morgan fingerprint density at radius 2 is 0.913 bits per heavy atom. The summed E-state index contributed by atoms with van der Waals surface area (Å²) >= 11 is 13.0. The Morgan fingerprint density at radius 1 is 0.543 bits per heavy atom. The molecule has 0 aromatic heterocycles. The van der Waals surface area contributed by atoms with Crippen molar-refractivity contribution in [2.24, 2.45) is 10.2 Å². The number of hydrazone groups is 2. The number of halogens is 2. The number of anilines is 4. The molecule has 12 heteroatoms. The van der Waals surface area contributed by atoms with Gasteiger partial charge in [0.05, 0.1) is 21.4 Å². The molecule has 2 amide bonds. The van der Waals surface area contributed by atoms with Crippen molar-refractivity contribution in [1.82, 2.24) is 0 Å². The lowest BCUT2D eigenvalue weighted by molar-refractivity contribution is -0.116. The third kappa shape index (κ3) is 8.44. The first kappa shape index (κ1) is 33.6. The number of nitrogens with one attached hydrogen (secondary N) is 4. The van der Waals surface area contributed by atoms with Gasteiger partial charge in [-0.25, -0.2) is 0 Å². The van der Waals surface area contributed by atoms with Crippen molar-refractivity contribution in [2.45, 2.75) is 27.7 Å². The van der Waals surface area contributed by atoms with E-state index in [4.69, 9.17) is 23.2 Å². The second-order valence-electron chi connectivity index (χ2n) is 10.2. The van der Waals surface area contributed by atoms with E-state index in [1.165, 1.54) is 13.8 Å². The van der Waals surface area contributed by atoms with Gasteiger partial charge in [-0.2, -0.15) is 10.2 Å². The Morgan fingerprint density at radius 3 is 1.24 bits per heavy atom. The molecule has 10 nitrogen and oxygen atoms in total. The molecule has 4 aromatic rings. The lowest BCUT2D eigenvalue weighted by Crippen LogP contribution is -2.29. The first-order valence-corrected chi connectivity index (χ1v) is 14.7. The van der Waals surface area contributed by atoms with Crippen molar-refractivity contribution in [1.29, 1.82) is 0 Å². The molecule has 4 rings (SSSR count). The second-order valence-corrected chi connectivity index (χ2v) is 11.0. The number of hydrogen-bond acceptors (Lipinski definition) is 8. The Labute approximate surface area is 275 Å². The molecule has 4 N–H and O–H groups in total. The van der Waals surface area contributed by atoms with Crippen molar-refractivity contribution in [3.8, 4) is 11.1 Å². The van der Waals surface area contributed by atoms with Gasteiger partial charge in [0.1, 0.15) is 0 Å². The number of hydrogen-bond donors (Lipinski definition) is 4. The van der Waals surface area contributed by atoms with Gasteiger partial charge in [-0.3, -0.25) is 30.0 Å². The minimum Gasteiger partial charge on any atom is -0.320 e. The highest BCUT2D eigenvalue weighted by Gasteiger charge is 2.19. The first-order valence-electron chi connectivity index (χ1n) is 14.0. The number of amides is 2. The molecule has 46 heavy (non-hydrogen) atoms. The number of aryl methyl sites for hydroxylation is 2. The Bertz CT molecular complexity index is 1770. The highest BCUT2D eigenvalue weighted by molar-refractivity contribution is 6.67. The van der Waals surface area contributed by atoms with Crippen LogP contribution in [0.1, 0.15) is 25.0 Å². The summed E-state index contributed by atoms with van der Waals surface area (Å²) in [6.45, 7) is 6.17. The van der Waals surface area contributed by atoms with Gasteiger partial charge in [-0.05, 0) is 72.5 Å². The van der Waals surface area contributed by atoms with Gasteiger partial charge in [0.25, 0.3) is 11.8 Å². The molecule has 0 saturated heterocycles. The molecule has 0 aliphatic carbocycles. The van der Waals surface area contributed by atoms with E-state index in [1.54, 1.807) is 60.7 Å². The lowest BCUT2D eigenvalue weighted by Gasteiger charge is -2.11. The smallest absolute Gasteiger partial charge is 0.279 e. The summed E-state index contributed by atoms with van der Waals surface area (Å²) in [6.07, 6.45) is 0. The van der Waals surface area contributed by atoms with Crippen LogP contribution in [0.2, 0.25) is 10.0 Å². The van der Waals surface area contributed by atoms with E-state index in [9.17, 15) is 19.2 Å². The molecular formula is C34H30Cl2N6O4. The molecule has 0 spiro atoms. The predicted octanol–water partition coefficient (Wildman–Crippen LogP) is 7.27. The van der Waals surface area contributed by atoms with Crippen molar-refractivity contribution in [3.63, 3.8) is 0 Å². The minimum atomic E-state index is -0.655. The molecule has 0 aliphatic heterocycles. The molecule has 0 aliphatic rings.